The molecule has 0 saturated heterocycles. The smallest absolute Gasteiger partial charge is 0.0708 e. The second kappa shape index (κ2) is 11.1. The third-order valence-corrected chi connectivity index (χ3v) is 8.31. The van der Waals surface area contributed by atoms with E-state index in [2.05, 4.69) is 143 Å². The summed E-state index contributed by atoms with van der Waals surface area (Å²) in [5.41, 5.74) is 12.7. The number of fused-ring (bicyclic) bond motifs is 3. The van der Waals surface area contributed by atoms with Crippen molar-refractivity contribution < 1.29 is 0 Å². The summed E-state index contributed by atoms with van der Waals surface area (Å²) in [5.74, 6) is 0. The molecule has 0 unspecified atom stereocenters. The molecule has 0 saturated carbocycles. The standard InChI is InChI=1S/C41H29N3/c1-3-12-31(13-4-1)38-28-32(22-24-43-38)35-17-10-19-40-41(35)36-27-30(20-21-39(36)44(40)34-15-5-2-6-16-34)25-29-11-9-14-33(26-29)37-18-7-8-23-42-37/h1-24,26-28H,25H2. The molecule has 0 amide bonds. The van der Waals surface area contributed by atoms with Gasteiger partial charge in [-0.25, -0.2) is 0 Å². The van der Waals surface area contributed by atoms with E-state index in [0.717, 1.165) is 40.2 Å². The molecule has 0 aliphatic carbocycles. The molecule has 208 valence electrons. The van der Waals surface area contributed by atoms with Gasteiger partial charge in [0.2, 0.25) is 0 Å². The molecule has 5 aromatic carbocycles. The van der Waals surface area contributed by atoms with Crippen molar-refractivity contribution in [3.05, 3.63) is 175 Å². The van der Waals surface area contributed by atoms with E-state index in [0.29, 0.717) is 0 Å². The molecule has 3 heteroatoms. The maximum atomic E-state index is 4.71. The summed E-state index contributed by atoms with van der Waals surface area (Å²) in [6, 6.07) is 53.7. The van der Waals surface area contributed by atoms with Gasteiger partial charge in [-0.2, -0.15) is 0 Å². The van der Waals surface area contributed by atoms with Crippen molar-refractivity contribution >= 4 is 21.8 Å². The zero-order valence-electron chi connectivity index (χ0n) is 24.1. The van der Waals surface area contributed by atoms with Crippen LogP contribution in [0, 0.1) is 0 Å². The quantitative estimate of drug-likeness (QED) is 0.201. The lowest BCUT2D eigenvalue weighted by molar-refractivity contribution is 1.17. The normalized spacial score (nSPS) is 11.3. The molecule has 0 fully saturated rings. The maximum Gasteiger partial charge on any atom is 0.0708 e. The Bertz CT molecular complexity index is 2230. The second-order valence-electron chi connectivity index (χ2n) is 11.1. The van der Waals surface area contributed by atoms with Crippen LogP contribution in [0.5, 0.6) is 0 Å². The van der Waals surface area contributed by atoms with E-state index in [1.807, 2.05) is 30.6 Å². The Hall–Kier alpha value is -5.80. The number of hydrogen-bond acceptors (Lipinski definition) is 2. The van der Waals surface area contributed by atoms with E-state index in [-0.39, 0.29) is 0 Å². The highest BCUT2D eigenvalue weighted by molar-refractivity contribution is 6.16. The van der Waals surface area contributed by atoms with Gasteiger partial charge < -0.3 is 4.57 Å². The van der Waals surface area contributed by atoms with E-state index in [9.17, 15) is 0 Å². The van der Waals surface area contributed by atoms with Crippen LogP contribution in [0.25, 0.3) is 61.1 Å². The van der Waals surface area contributed by atoms with Crippen LogP contribution in [0.3, 0.4) is 0 Å². The predicted octanol–water partition coefficient (Wildman–Crippen LogP) is 10.2. The zero-order valence-corrected chi connectivity index (χ0v) is 24.1. The molecule has 8 aromatic rings. The lowest BCUT2D eigenvalue weighted by Gasteiger charge is -2.09. The highest BCUT2D eigenvalue weighted by atomic mass is 15.0. The van der Waals surface area contributed by atoms with E-state index >= 15 is 0 Å². The molecule has 0 aliphatic rings. The van der Waals surface area contributed by atoms with Crippen LogP contribution in [0.15, 0.2) is 164 Å². The first kappa shape index (κ1) is 25.9. The Kier molecular flexibility index (Phi) is 6.54. The SMILES string of the molecule is c1ccc(-c2cc(-c3cccc4c3c3cc(Cc5cccc(-c6ccccn6)c5)ccc3n4-c3ccccc3)ccn2)cc1. The van der Waals surface area contributed by atoms with E-state index < -0.39 is 0 Å². The third-order valence-electron chi connectivity index (χ3n) is 8.31. The first-order valence-electron chi connectivity index (χ1n) is 15.0. The van der Waals surface area contributed by atoms with E-state index in [1.54, 1.807) is 0 Å². The Labute approximate surface area is 256 Å². The minimum Gasteiger partial charge on any atom is -0.309 e. The molecule has 8 rings (SSSR count). The average molecular weight is 564 g/mol. The number of para-hydroxylation sites is 1. The molecule has 0 radical (unpaired) electrons. The summed E-state index contributed by atoms with van der Waals surface area (Å²) in [4.78, 5) is 9.27. The van der Waals surface area contributed by atoms with Crippen LogP contribution in [0.2, 0.25) is 0 Å². The Morgan fingerprint density at radius 2 is 1.20 bits per heavy atom. The van der Waals surface area contributed by atoms with Crippen molar-refractivity contribution in [3.8, 4) is 39.3 Å². The van der Waals surface area contributed by atoms with Crippen LogP contribution in [0.4, 0.5) is 0 Å². The van der Waals surface area contributed by atoms with Crippen LogP contribution in [-0.4, -0.2) is 14.5 Å². The van der Waals surface area contributed by atoms with E-state index in [1.165, 1.54) is 38.5 Å². The first-order valence-corrected chi connectivity index (χ1v) is 15.0. The van der Waals surface area contributed by atoms with Gasteiger partial charge in [-0.1, -0.05) is 91.0 Å². The summed E-state index contributed by atoms with van der Waals surface area (Å²) < 4.78 is 2.39. The fourth-order valence-corrected chi connectivity index (χ4v) is 6.30. The summed E-state index contributed by atoms with van der Waals surface area (Å²) in [7, 11) is 0. The molecule has 0 spiro atoms. The summed E-state index contributed by atoms with van der Waals surface area (Å²) in [5, 5.41) is 2.50. The van der Waals surface area contributed by atoms with Gasteiger partial charge in [-0.15, -0.1) is 0 Å². The van der Waals surface area contributed by atoms with Gasteiger partial charge in [-0.3, -0.25) is 9.97 Å². The first-order chi connectivity index (χ1) is 21.8. The minimum absolute atomic E-state index is 0.838. The summed E-state index contributed by atoms with van der Waals surface area (Å²) in [6.07, 6.45) is 4.61. The van der Waals surface area contributed by atoms with Crippen molar-refractivity contribution in [1.29, 1.82) is 0 Å². The lowest BCUT2D eigenvalue weighted by atomic mass is 9.96. The van der Waals surface area contributed by atoms with Gasteiger partial charge >= 0.3 is 0 Å². The third kappa shape index (κ3) is 4.75. The zero-order chi connectivity index (χ0) is 29.3. The van der Waals surface area contributed by atoms with Crippen LogP contribution in [-0.2, 0) is 6.42 Å². The fraction of sp³-hybridized carbons (Fsp3) is 0.0244. The van der Waals surface area contributed by atoms with Crippen molar-refractivity contribution in [1.82, 2.24) is 14.5 Å². The van der Waals surface area contributed by atoms with Crippen molar-refractivity contribution in [2.75, 3.05) is 0 Å². The molecule has 0 N–H and O–H groups in total. The Morgan fingerprint density at radius 3 is 2.05 bits per heavy atom. The van der Waals surface area contributed by atoms with Crippen LogP contribution >= 0.6 is 0 Å². The topological polar surface area (TPSA) is 30.7 Å². The maximum absolute atomic E-state index is 4.71. The lowest BCUT2D eigenvalue weighted by Crippen LogP contribution is -1.94. The highest BCUT2D eigenvalue weighted by Gasteiger charge is 2.17. The minimum atomic E-state index is 0.838. The molecule has 0 bridgehead atoms. The Balaban J connectivity index is 1.30. The van der Waals surface area contributed by atoms with Crippen molar-refractivity contribution in [2.45, 2.75) is 6.42 Å². The number of pyridine rings is 2. The van der Waals surface area contributed by atoms with Gasteiger partial charge in [0.05, 0.1) is 22.4 Å². The molecule has 3 heterocycles. The molecule has 44 heavy (non-hydrogen) atoms. The molecular formula is C41H29N3. The van der Waals surface area contributed by atoms with Gasteiger partial charge in [0, 0.05) is 40.0 Å². The van der Waals surface area contributed by atoms with Crippen LogP contribution in [0.1, 0.15) is 11.1 Å². The number of benzene rings is 5. The van der Waals surface area contributed by atoms with Crippen LogP contribution < -0.4 is 0 Å². The molecule has 0 aliphatic heterocycles. The summed E-state index contributed by atoms with van der Waals surface area (Å²) in [6.45, 7) is 0. The van der Waals surface area contributed by atoms with Crippen molar-refractivity contribution in [2.24, 2.45) is 0 Å². The number of hydrogen-bond donors (Lipinski definition) is 0. The van der Waals surface area contributed by atoms with Gasteiger partial charge in [0.1, 0.15) is 0 Å². The highest BCUT2D eigenvalue weighted by Crippen LogP contribution is 2.39. The number of aromatic nitrogens is 3. The molecule has 3 nitrogen and oxygen atoms in total. The van der Waals surface area contributed by atoms with Gasteiger partial charge in [-0.05, 0) is 89.3 Å². The van der Waals surface area contributed by atoms with Crippen molar-refractivity contribution in [3.63, 3.8) is 0 Å². The monoisotopic (exact) mass is 563 g/mol. The predicted molar refractivity (Wildman–Crippen MR) is 182 cm³/mol. The van der Waals surface area contributed by atoms with Gasteiger partial charge in [0.25, 0.3) is 0 Å². The fourth-order valence-electron chi connectivity index (χ4n) is 6.30. The second-order valence-corrected chi connectivity index (χ2v) is 11.1. The number of rotatable bonds is 6. The Morgan fingerprint density at radius 1 is 0.455 bits per heavy atom. The largest absolute Gasteiger partial charge is 0.309 e. The van der Waals surface area contributed by atoms with E-state index in [4.69, 9.17) is 4.98 Å². The molecule has 0 atom stereocenters. The average Bonchev–Trinajstić information content (AvgIpc) is 3.43. The number of nitrogens with zero attached hydrogens (tertiary/aromatic N) is 3. The summed E-state index contributed by atoms with van der Waals surface area (Å²) >= 11 is 0. The molecule has 3 aromatic heterocycles. The van der Waals surface area contributed by atoms with Gasteiger partial charge in [0.15, 0.2) is 0 Å². The molecular weight excluding hydrogens is 534 g/mol.